The van der Waals surface area contributed by atoms with E-state index in [-0.39, 0.29) is 5.82 Å². The fraction of sp³-hybridized carbons (Fsp3) is 0.538. The Kier molecular flexibility index (Phi) is 5.19. The summed E-state index contributed by atoms with van der Waals surface area (Å²) < 4.78 is 13.1. The van der Waals surface area contributed by atoms with Gasteiger partial charge in [-0.15, -0.1) is 0 Å². The molecule has 1 aromatic rings. The van der Waals surface area contributed by atoms with Crippen LogP contribution in [0, 0.1) is 12.7 Å². The Labute approximate surface area is 111 Å². The number of rotatable bonds is 4. The standard InChI is InChI=1S/C13H18FNS2/c1-10-6-11(2-3-13(10)14)7-15-8-12-9-16-4-5-17-12/h2-3,6,12,15H,4-5,7-9H2,1H3. The molecule has 94 valence electrons. The van der Waals surface area contributed by atoms with Gasteiger partial charge in [0.2, 0.25) is 0 Å². The minimum Gasteiger partial charge on any atom is -0.312 e. The molecule has 17 heavy (non-hydrogen) atoms. The zero-order valence-electron chi connectivity index (χ0n) is 10.0. The molecule has 1 aliphatic rings. The van der Waals surface area contributed by atoms with Crippen LogP contribution in [-0.2, 0) is 6.54 Å². The van der Waals surface area contributed by atoms with Gasteiger partial charge in [0.05, 0.1) is 0 Å². The van der Waals surface area contributed by atoms with Gasteiger partial charge in [-0.25, -0.2) is 4.39 Å². The molecular formula is C13H18FNS2. The highest BCUT2D eigenvalue weighted by atomic mass is 32.2. The van der Waals surface area contributed by atoms with E-state index in [0.29, 0.717) is 0 Å². The molecule has 0 spiro atoms. The van der Waals surface area contributed by atoms with Crippen LogP contribution in [0.25, 0.3) is 0 Å². The summed E-state index contributed by atoms with van der Waals surface area (Å²) in [7, 11) is 0. The molecule has 1 aromatic carbocycles. The zero-order chi connectivity index (χ0) is 12.1. The quantitative estimate of drug-likeness (QED) is 0.904. The maximum absolute atomic E-state index is 13.1. The highest BCUT2D eigenvalue weighted by Gasteiger charge is 2.13. The number of benzene rings is 1. The zero-order valence-corrected chi connectivity index (χ0v) is 11.7. The first-order chi connectivity index (χ1) is 8.25. The number of aryl methyl sites for hydroxylation is 1. The van der Waals surface area contributed by atoms with Gasteiger partial charge in [0.15, 0.2) is 0 Å². The van der Waals surface area contributed by atoms with E-state index in [1.807, 2.05) is 30.8 Å². The lowest BCUT2D eigenvalue weighted by atomic mass is 10.1. The number of thioether (sulfide) groups is 2. The normalized spacial score (nSPS) is 20.5. The molecule has 1 N–H and O–H groups in total. The van der Waals surface area contributed by atoms with Crippen molar-refractivity contribution in [3.05, 3.63) is 35.1 Å². The van der Waals surface area contributed by atoms with Crippen LogP contribution < -0.4 is 5.32 Å². The lowest BCUT2D eigenvalue weighted by Crippen LogP contribution is -2.28. The van der Waals surface area contributed by atoms with E-state index in [1.54, 1.807) is 6.07 Å². The second kappa shape index (κ2) is 6.66. The van der Waals surface area contributed by atoms with E-state index >= 15 is 0 Å². The molecule has 0 amide bonds. The minimum atomic E-state index is -0.118. The van der Waals surface area contributed by atoms with Crippen LogP contribution in [-0.4, -0.2) is 29.1 Å². The lowest BCUT2D eigenvalue weighted by molar-refractivity contribution is 0.615. The highest BCUT2D eigenvalue weighted by Crippen LogP contribution is 2.23. The first kappa shape index (κ1) is 13.2. The van der Waals surface area contributed by atoms with E-state index in [2.05, 4.69) is 17.1 Å². The lowest BCUT2D eigenvalue weighted by Gasteiger charge is -2.21. The molecule has 2 rings (SSSR count). The molecule has 1 unspecified atom stereocenters. The minimum absolute atomic E-state index is 0.118. The van der Waals surface area contributed by atoms with E-state index < -0.39 is 0 Å². The topological polar surface area (TPSA) is 12.0 Å². The van der Waals surface area contributed by atoms with Crippen molar-refractivity contribution in [2.24, 2.45) is 0 Å². The second-order valence-corrected chi connectivity index (χ2v) is 6.84. The Hall–Kier alpha value is -0.190. The molecule has 1 atom stereocenters. The Morgan fingerprint density at radius 1 is 1.41 bits per heavy atom. The van der Waals surface area contributed by atoms with Crippen LogP contribution in [0.1, 0.15) is 11.1 Å². The summed E-state index contributed by atoms with van der Waals surface area (Å²) in [6.07, 6.45) is 0. The van der Waals surface area contributed by atoms with Crippen LogP contribution in [0.15, 0.2) is 18.2 Å². The van der Waals surface area contributed by atoms with Crippen molar-refractivity contribution in [2.75, 3.05) is 23.8 Å². The summed E-state index contributed by atoms with van der Waals surface area (Å²) in [6.45, 7) is 3.70. The number of hydrogen-bond acceptors (Lipinski definition) is 3. The third kappa shape index (κ3) is 4.19. The maximum atomic E-state index is 13.1. The van der Waals surface area contributed by atoms with E-state index in [0.717, 1.165) is 29.5 Å². The van der Waals surface area contributed by atoms with E-state index in [1.165, 1.54) is 17.3 Å². The Balaban J connectivity index is 1.75. The summed E-state index contributed by atoms with van der Waals surface area (Å²) in [5.41, 5.74) is 1.89. The van der Waals surface area contributed by atoms with Crippen molar-refractivity contribution in [3.8, 4) is 0 Å². The highest BCUT2D eigenvalue weighted by molar-refractivity contribution is 8.06. The fourth-order valence-electron chi connectivity index (χ4n) is 1.85. The van der Waals surface area contributed by atoms with Crippen LogP contribution >= 0.6 is 23.5 Å². The van der Waals surface area contributed by atoms with Gasteiger partial charge >= 0.3 is 0 Å². The number of nitrogens with one attached hydrogen (secondary N) is 1. The fourth-order valence-corrected chi connectivity index (χ4v) is 4.50. The summed E-state index contributed by atoms with van der Waals surface area (Å²) in [6, 6.07) is 5.33. The van der Waals surface area contributed by atoms with Gasteiger partial charge in [-0.1, -0.05) is 12.1 Å². The third-order valence-corrected chi connectivity index (χ3v) is 5.65. The smallest absolute Gasteiger partial charge is 0.126 e. The first-order valence-corrected chi connectivity index (χ1v) is 8.11. The molecule has 1 aliphatic heterocycles. The average Bonchev–Trinajstić information content (AvgIpc) is 2.35. The Morgan fingerprint density at radius 3 is 3.00 bits per heavy atom. The summed E-state index contributed by atoms with van der Waals surface area (Å²) in [5.74, 6) is 3.69. The molecule has 4 heteroatoms. The Bertz CT molecular complexity index is 364. The predicted octanol–water partition coefficient (Wildman–Crippen LogP) is 3.07. The molecule has 1 nitrogen and oxygen atoms in total. The predicted molar refractivity (Wildman–Crippen MR) is 76.4 cm³/mol. The van der Waals surface area contributed by atoms with Gasteiger partial charge < -0.3 is 5.32 Å². The first-order valence-electron chi connectivity index (χ1n) is 5.91. The SMILES string of the molecule is Cc1cc(CNCC2CSCCS2)ccc1F. The van der Waals surface area contributed by atoms with Crippen molar-refractivity contribution in [3.63, 3.8) is 0 Å². The van der Waals surface area contributed by atoms with Crippen LogP contribution in [0.2, 0.25) is 0 Å². The molecule has 0 aliphatic carbocycles. The molecule has 0 saturated carbocycles. The molecule has 1 heterocycles. The summed E-state index contributed by atoms with van der Waals surface area (Å²) >= 11 is 4.10. The molecule has 0 radical (unpaired) electrons. The van der Waals surface area contributed by atoms with Crippen molar-refractivity contribution < 1.29 is 4.39 Å². The van der Waals surface area contributed by atoms with Gasteiger partial charge in [-0.3, -0.25) is 0 Å². The molecule has 1 fully saturated rings. The number of halogens is 1. The van der Waals surface area contributed by atoms with Crippen LogP contribution in [0.5, 0.6) is 0 Å². The van der Waals surface area contributed by atoms with E-state index in [4.69, 9.17) is 0 Å². The van der Waals surface area contributed by atoms with Gasteiger partial charge in [0.25, 0.3) is 0 Å². The van der Waals surface area contributed by atoms with E-state index in [9.17, 15) is 4.39 Å². The van der Waals surface area contributed by atoms with Gasteiger partial charge in [-0.2, -0.15) is 23.5 Å². The van der Waals surface area contributed by atoms with Crippen LogP contribution in [0.3, 0.4) is 0 Å². The summed E-state index contributed by atoms with van der Waals surface area (Å²) in [4.78, 5) is 0. The molecule has 0 aromatic heterocycles. The summed E-state index contributed by atoms with van der Waals surface area (Å²) in [5, 5.41) is 4.19. The molecule has 0 bridgehead atoms. The molecular weight excluding hydrogens is 253 g/mol. The molecule has 1 saturated heterocycles. The van der Waals surface area contributed by atoms with Gasteiger partial charge in [-0.05, 0) is 24.1 Å². The monoisotopic (exact) mass is 271 g/mol. The van der Waals surface area contributed by atoms with Crippen molar-refractivity contribution >= 4 is 23.5 Å². The van der Waals surface area contributed by atoms with Crippen molar-refractivity contribution in [1.82, 2.24) is 5.32 Å². The van der Waals surface area contributed by atoms with Gasteiger partial charge in [0.1, 0.15) is 5.82 Å². The average molecular weight is 271 g/mol. The van der Waals surface area contributed by atoms with Crippen molar-refractivity contribution in [1.29, 1.82) is 0 Å². The third-order valence-electron chi connectivity index (χ3n) is 2.81. The van der Waals surface area contributed by atoms with Gasteiger partial charge in [0, 0.05) is 35.6 Å². The second-order valence-electron chi connectivity index (χ2n) is 4.28. The van der Waals surface area contributed by atoms with Crippen LogP contribution in [0.4, 0.5) is 4.39 Å². The number of hydrogen-bond donors (Lipinski definition) is 1. The van der Waals surface area contributed by atoms with Crippen molar-refractivity contribution in [2.45, 2.75) is 18.7 Å². The maximum Gasteiger partial charge on any atom is 0.126 e. The largest absolute Gasteiger partial charge is 0.312 e. The Morgan fingerprint density at radius 2 is 2.29 bits per heavy atom.